The molecule has 4 rings (SSSR count). The molecule has 0 radical (unpaired) electrons. The number of halogens is 2. The molecule has 1 atom stereocenters. The van der Waals surface area contributed by atoms with E-state index >= 15 is 0 Å². The molecule has 2 saturated heterocycles. The van der Waals surface area contributed by atoms with Crippen molar-refractivity contribution in [2.75, 3.05) is 31.1 Å². The molecule has 0 aromatic carbocycles. The van der Waals surface area contributed by atoms with Crippen molar-refractivity contribution in [1.29, 1.82) is 0 Å². The molecule has 9 heteroatoms. The van der Waals surface area contributed by atoms with Gasteiger partial charge in [0.1, 0.15) is 5.82 Å². The third-order valence-corrected chi connectivity index (χ3v) is 5.31. The zero-order valence-electron chi connectivity index (χ0n) is 14.7. The highest BCUT2D eigenvalue weighted by molar-refractivity contribution is 5.80. The molecule has 4 heterocycles. The van der Waals surface area contributed by atoms with Crippen molar-refractivity contribution in [3.8, 4) is 0 Å². The molecule has 1 unspecified atom stereocenters. The van der Waals surface area contributed by atoms with Crippen LogP contribution in [0.25, 0.3) is 5.65 Å². The van der Waals surface area contributed by atoms with E-state index in [1.807, 2.05) is 19.1 Å². The summed E-state index contributed by atoms with van der Waals surface area (Å²) in [7, 11) is 0. The Labute approximate surface area is 150 Å². The predicted molar refractivity (Wildman–Crippen MR) is 91.2 cm³/mol. The summed E-state index contributed by atoms with van der Waals surface area (Å²) in [5.41, 5.74) is 0.685. The van der Waals surface area contributed by atoms with E-state index < -0.39 is 5.92 Å². The number of carbonyl (C=O) groups excluding carboxylic acids is 1. The predicted octanol–water partition coefficient (Wildman–Crippen LogP) is 1.91. The maximum absolute atomic E-state index is 13.3. The quantitative estimate of drug-likeness (QED) is 0.814. The van der Waals surface area contributed by atoms with Crippen LogP contribution < -0.4 is 4.90 Å². The zero-order chi connectivity index (χ0) is 18.3. The number of anilines is 1. The van der Waals surface area contributed by atoms with Crippen LogP contribution in [0.3, 0.4) is 0 Å². The van der Waals surface area contributed by atoms with Gasteiger partial charge in [-0.15, -0.1) is 15.3 Å². The standard InChI is InChI=1S/C17H22F2N6O/c1-12-20-21-14-4-5-15(22-25(12)14)24-8-2-3-13(11-24)16(26)23-9-6-17(18,19)7-10-23/h4-5,13H,2-3,6-11H2,1H3. The molecule has 7 nitrogen and oxygen atoms in total. The summed E-state index contributed by atoms with van der Waals surface area (Å²) in [5.74, 6) is -1.32. The third kappa shape index (κ3) is 3.22. The molecule has 2 aromatic heterocycles. The highest BCUT2D eigenvalue weighted by atomic mass is 19.3. The first-order valence-electron chi connectivity index (χ1n) is 9.04. The Morgan fingerprint density at radius 1 is 1.19 bits per heavy atom. The van der Waals surface area contributed by atoms with E-state index in [0.29, 0.717) is 18.0 Å². The fraction of sp³-hybridized carbons (Fsp3) is 0.647. The average Bonchev–Trinajstić information content (AvgIpc) is 3.02. The van der Waals surface area contributed by atoms with E-state index in [2.05, 4.69) is 20.2 Å². The number of alkyl halides is 2. The highest BCUT2D eigenvalue weighted by Gasteiger charge is 2.38. The molecule has 140 valence electrons. The van der Waals surface area contributed by atoms with Crippen LogP contribution >= 0.6 is 0 Å². The second-order valence-electron chi connectivity index (χ2n) is 7.18. The maximum Gasteiger partial charge on any atom is 0.251 e. The Morgan fingerprint density at radius 2 is 1.96 bits per heavy atom. The first-order chi connectivity index (χ1) is 12.4. The lowest BCUT2D eigenvalue weighted by molar-refractivity contribution is -0.141. The first-order valence-corrected chi connectivity index (χ1v) is 9.04. The van der Waals surface area contributed by atoms with Crippen molar-refractivity contribution in [1.82, 2.24) is 24.7 Å². The van der Waals surface area contributed by atoms with E-state index in [0.717, 1.165) is 25.2 Å². The van der Waals surface area contributed by atoms with Crippen LogP contribution in [0.5, 0.6) is 0 Å². The second kappa shape index (κ2) is 6.44. The molecule has 2 fully saturated rings. The van der Waals surface area contributed by atoms with E-state index in [1.54, 1.807) is 9.42 Å². The molecule has 0 N–H and O–H groups in total. The molecule has 0 aliphatic carbocycles. The largest absolute Gasteiger partial charge is 0.354 e. The van der Waals surface area contributed by atoms with Gasteiger partial charge in [-0.2, -0.15) is 4.52 Å². The zero-order valence-corrected chi connectivity index (χ0v) is 14.7. The number of hydrogen-bond donors (Lipinski definition) is 0. The van der Waals surface area contributed by atoms with Crippen LogP contribution in [0.15, 0.2) is 12.1 Å². The van der Waals surface area contributed by atoms with Gasteiger partial charge in [0.15, 0.2) is 11.5 Å². The van der Waals surface area contributed by atoms with Crippen molar-refractivity contribution in [3.05, 3.63) is 18.0 Å². The minimum absolute atomic E-state index is 0.00763. The minimum Gasteiger partial charge on any atom is -0.354 e. The van der Waals surface area contributed by atoms with Crippen LogP contribution in [0.1, 0.15) is 31.5 Å². The molecule has 0 saturated carbocycles. The van der Waals surface area contributed by atoms with Gasteiger partial charge < -0.3 is 9.80 Å². The molecule has 2 aliphatic rings. The first kappa shape index (κ1) is 17.1. The summed E-state index contributed by atoms with van der Waals surface area (Å²) >= 11 is 0. The van der Waals surface area contributed by atoms with Crippen molar-refractivity contribution >= 4 is 17.4 Å². The lowest BCUT2D eigenvalue weighted by Gasteiger charge is -2.38. The number of nitrogens with zero attached hydrogens (tertiary/aromatic N) is 6. The van der Waals surface area contributed by atoms with Crippen LogP contribution in [-0.4, -0.2) is 62.7 Å². The molecule has 2 aromatic rings. The van der Waals surface area contributed by atoms with Crippen LogP contribution in [-0.2, 0) is 4.79 Å². The molecule has 2 aliphatic heterocycles. The number of hydrogen-bond acceptors (Lipinski definition) is 5. The Balaban J connectivity index is 1.46. The van der Waals surface area contributed by atoms with Gasteiger partial charge in [-0.25, -0.2) is 8.78 Å². The SMILES string of the molecule is Cc1nnc2ccc(N3CCCC(C(=O)N4CCC(F)(F)CC4)C3)nn12. The summed E-state index contributed by atoms with van der Waals surface area (Å²) in [4.78, 5) is 16.5. The van der Waals surface area contributed by atoms with Crippen molar-refractivity contribution in [2.24, 2.45) is 5.92 Å². The molecular weight excluding hydrogens is 342 g/mol. The summed E-state index contributed by atoms with van der Waals surface area (Å²) in [6.07, 6.45) is 1.19. The van der Waals surface area contributed by atoms with Gasteiger partial charge in [-0.05, 0) is 31.9 Å². The normalized spacial score (nSPS) is 23.4. The smallest absolute Gasteiger partial charge is 0.251 e. The van der Waals surface area contributed by atoms with Gasteiger partial charge in [0.05, 0.1) is 5.92 Å². The van der Waals surface area contributed by atoms with Gasteiger partial charge >= 0.3 is 0 Å². The topological polar surface area (TPSA) is 66.6 Å². The van der Waals surface area contributed by atoms with E-state index in [1.165, 1.54) is 0 Å². The monoisotopic (exact) mass is 364 g/mol. The third-order valence-electron chi connectivity index (χ3n) is 5.31. The minimum atomic E-state index is -2.63. The number of likely N-dealkylation sites (tertiary alicyclic amines) is 1. The number of carbonyl (C=O) groups is 1. The van der Waals surface area contributed by atoms with Crippen molar-refractivity contribution in [2.45, 2.75) is 38.5 Å². The Hall–Kier alpha value is -2.32. The molecule has 1 amide bonds. The van der Waals surface area contributed by atoms with Gasteiger partial charge in [0.2, 0.25) is 5.91 Å². The van der Waals surface area contributed by atoms with Gasteiger partial charge in [0.25, 0.3) is 5.92 Å². The summed E-state index contributed by atoms with van der Waals surface area (Å²) < 4.78 is 28.4. The Kier molecular flexibility index (Phi) is 4.24. The summed E-state index contributed by atoms with van der Waals surface area (Å²) in [6, 6.07) is 3.75. The van der Waals surface area contributed by atoms with E-state index in [-0.39, 0.29) is 37.8 Å². The molecular formula is C17H22F2N6O. The van der Waals surface area contributed by atoms with Gasteiger partial charge in [-0.1, -0.05) is 0 Å². The molecule has 26 heavy (non-hydrogen) atoms. The van der Waals surface area contributed by atoms with Crippen molar-refractivity contribution < 1.29 is 13.6 Å². The number of piperidine rings is 2. The summed E-state index contributed by atoms with van der Waals surface area (Å²) in [6.45, 7) is 3.51. The average molecular weight is 364 g/mol. The van der Waals surface area contributed by atoms with Crippen LogP contribution in [0.2, 0.25) is 0 Å². The van der Waals surface area contributed by atoms with Crippen molar-refractivity contribution in [3.63, 3.8) is 0 Å². The molecule has 0 spiro atoms. The van der Waals surface area contributed by atoms with Crippen LogP contribution in [0.4, 0.5) is 14.6 Å². The molecule has 0 bridgehead atoms. The number of rotatable bonds is 2. The highest BCUT2D eigenvalue weighted by Crippen LogP contribution is 2.30. The number of amides is 1. The maximum atomic E-state index is 13.3. The fourth-order valence-electron chi connectivity index (χ4n) is 3.75. The van der Waals surface area contributed by atoms with Gasteiger partial charge in [0, 0.05) is 39.0 Å². The van der Waals surface area contributed by atoms with Crippen LogP contribution in [0, 0.1) is 12.8 Å². The lowest BCUT2D eigenvalue weighted by Crippen LogP contribution is -2.49. The van der Waals surface area contributed by atoms with Gasteiger partial charge in [-0.3, -0.25) is 4.79 Å². The van der Waals surface area contributed by atoms with E-state index in [4.69, 9.17) is 0 Å². The Morgan fingerprint density at radius 3 is 2.73 bits per heavy atom. The number of aromatic nitrogens is 4. The fourth-order valence-corrected chi connectivity index (χ4v) is 3.75. The lowest BCUT2D eigenvalue weighted by atomic mass is 9.95. The summed E-state index contributed by atoms with van der Waals surface area (Å²) in [5, 5.41) is 12.6. The number of aryl methyl sites for hydroxylation is 1. The van der Waals surface area contributed by atoms with E-state index in [9.17, 15) is 13.6 Å². The number of fused-ring (bicyclic) bond motifs is 1. The Bertz CT molecular complexity index is 813. The second-order valence-corrected chi connectivity index (χ2v) is 7.18.